The maximum Gasteiger partial charge on any atom is 0.354 e. The van der Waals surface area contributed by atoms with Crippen molar-refractivity contribution in [1.29, 1.82) is 0 Å². The summed E-state index contributed by atoms with van der Waals surface area (Å²) in [6, 6.07) is 3.81. The molecule has 9 nitrogen and oxygen atoms in total. The van der Waals surface area contributed by atoms with E-state index in [-0.39, 0.29) is 17.9 Å². The van der Waals surface area contributed by atoms with Gasteiger partial charge in [0, 0.05) is 43.3 Å². The van der Waals surface area contributed by atoms with E-state index in [0.717, 1.165) is 42.1 Å². The number of halogens is 1. The third kappa shape index (κ3) is 6.79. The zero-order valence-electron chi connectivity index (χ0n) is 26.1. The lowest BCUT2D eigenvalue weighted by Gasteiger charge is -2.36. The Balaban J connectivity index is 1.80. The summed E-state index contributed by atoms with van der Waals surface area (Å²) in [6.45, 7) is 13.0. The number of benzene rings is 1. The summed E-state index contributed by atoms with van der Waals surface area (Å²) in [6.07, 6.45) is 5.70. The maximum absolute atomic E-state index is 13.5. The zero-order valence-corrected chi connectivity index (χ0v) is 27.8. The van der Waals surface area contributed by atoms with Gasteiger partial charge in [-0.05, 0) is 61.9 Å². The molecule has 0 spiro atoms. The summed E-state index contributed by atoms with van der Waals surface area (Å²) in [7, 11) is 1.31. The molecule has 0 amide bonds. The van der Waals surface area contributed by atoms with Crippen LogP contribution < -0.4 is 0 Å². The first-order chi connectivity index (χ1) is 19.9. The number of fused-ring (bicyclic) bond motifs is 1. The van der Waals surface area contributed by atoms with Crippen molar-refractivity contribution < 1.29 is 28.5 Å². The molecule has 42 heavy (non-hydrogen) atoms. The molecule has 1 N–H and O–H groups in total. The van der Waals surface area contributed by atoms with Crippen LogP contribution in [0, 0.1) is 0 Å². The van der Waals surface area contributed by atoms with Gasteiger partial charge in [0.2, 0.25) is 0 Å². The number of aromatic nitrogens is 3. The van der Waals surface area contributed by atoms with Gasteiger partial charge in [0.1, 0.15) is 5.69 Å². The Hall–Kier alpha value is -2.21. The molecule has 1 unspecified atom stereocenters. The smallest absolute Gasteiger partial charge is 0.354 e. The SMILES string of the molecule is COC(=O)c1c(CCCO[Si](C)(C)C(C)(C)C)c2ccc(Cl)c(-c3c(CO)cnn3C)c2n1CCOC1CCCCO1. The fraction of sp³-hybridized carbons (Fsp3) is 0.613. The minimum atomic E-state index is -1.91. The minimum Gasteiger partial charge on any atom is -0.464 e. The normalized spacial score (nSPS) is 16.4. The van der Waals surface area contributed by atoms with Crippen LogP contribution in [0.3, 0.4) is 0 Å². The number of methoxy groups -OCH3 is 1. The fourth-order valence-electron chi connectivity index (χ4n) is 5.36. The van der Waals surface area contributed by atoms with E-state index in [1.165, 1.54) is 7.11 Å². The molecule has 0 radical (unpaired) electrons. The van der Waals surface area contributed by atoms with Gasteiger partial charge in [-0.2, -0.15) is 5.10 Å². The third-order valence-corrected chi connectivity index (χ3v) is 13.5. The van der Waals surface area contributed by atoms with E-state index in [2.05, 4.69) is 39.0 Å². The standard InChI is InChI=1S/C31H46ClN3O6Si/c1-31(2,3)42(6,7)41-17-10-11-22-23-13-14-24(32)26(27-21(20-36)19-33-34(27)4)28(23)35(29(22)30(37)38-5)15-18-40-25-12-8-9-16-39-25/h13-14,19,25,36H,8-12,15-18,20H2,1-7H3. The van der Waals surface area contributed by atoms with Gasteiger partial charge < -0.3 is 28.3 Å². The second kappa shape index (κ2) is 13.6. The van der Waals surface area contributed by atoms with Gasteiger partial charge in [0.05, 0.1) is 42.8 Å². The van der Waals surface area contributed by atoms with Gasteiger partial charge >= 0.3 is 5.97 Å². The summed E-state index contributed by atoms with van der Waals surface area (Å²) in [5.41, 5.74) is 4.21. The van der Waals surface area contributed by atoms with Gasteiger partial charge in [-0.3, -0.25) is 4.68 Å². The highest BCUT2D eigenvalue weighted by molar-refractivity contribution is 6.74. The first-order valence-electron chi connectivity index (χ1n) is 14.8. The van der Waals surface area contributed by atoms with Crippen LogP contribution in [0.1, 0.15) is 68.1 Å². The summed E-state index contributed by atoms with van der Waals surface area (Å²) in [5.74, 6) is -0.421. The highest BCUT2D eigenvalue weighted by Gasteiger charge is 2.37. The van der Waals surface area contributed by atoms with Crippen molar-refractivity contribution in [2.45, 2.75) is 90.4 Å². The quantitative estimate of drug-likeness (QED) is 0.141. The largest absolute Gasteiger partial charge is 0.464 e. The number of esters is 1. The molecule has 1 saturated heterocycles. The molecule has 3 aromatic rings. The number of aliphatic hydroxyl groups is 1. The number of ether oxygens (including phenoxy) is 3. The Morgan fingerprint density at radius 1 is 1.24 bits per heavy atom. The molecule has 0 aliphatic carbocycles. The van der Waals surface area contributed by atoms with Crippen molar-refractivity contribution in [3.63, 3.8) is 0 Å². The number of aliphatic hydroxyl groups excluding tert-OH is 1. The van der Waals surface area contributed by atoms with Crippen LogP contribution in [0.5, 0.6) is 0 Å². The topological polar surface area (TPSA) is 97.0 Å². The monoisotopic (exact) mass is 619 g/mol. The van der Waals surface area contributed by atoms with Crippen molar-refractivity contribution in [3.8, 4) is 11.3 Å². The Morgan fingerprint density at radius 3 is 2.64 bits per heavy atom. The number of nitrogens with zero attached hydrogens (tertiary/aromatic N) is 3. The first-order valence-corrected chi connectivity index (χ1v) is 18.1. The second-order valence-electron chi connectivity index (χ2n) is 12.5. The minimum absolute atomic E-state index is 0.113. The molecular formula is C31H46ClN3O6Si. The lowest BCUT2D eigenvalue weighted by atomic mass is 10.0. The Kier molecular flexibility index (Phi) is 10.6. The van der Waals surface area contributed by atoms with Crippen LogP contribution in [-0.2, 0) is 45.3 Å². The van der Waals surface area contributed by atoms with E-state index in [0.29, 0.717) is 60.3 Å². The summed E-state index contributed by atoms with van der Waals surface area (Å²) >= 11 is 6.90. The van der Waals surface area contributed by atoms with Crippen LogP contribution in [0.4, 0.5) is 0 Å². The predicted molar refractivity (Wildman–Crippen MR) is 167 cm³/mol. The molecule has 1 atom stereocenters. The summed E-state index contributed by atoms with van der Waals surface area (Å²) < 4.78 is 27.4. The van der Waals surface area contributed by atoms with Crippen molar-refractivity contribution in [1.82, 2.24) is 14.3 Å². The van der Waals surface area contributed by atoms with Gasteiger partial charge in [0.25, 0.3) is 0 Å². The molecule has 1 aliphatic heterocycles. The Labute approximate surface area is 255 Å². The fourth-order valence-corrected chi connectivity index (χ4v) is 6.69. The molecule has 0 bridgehead atoms. The molecule has 3 heterocycles. The van der Waals surface area contributed by atoms with E-state index < -0.39 is 14.3 Å². The molecule has 232 valence electrons. The molecule has 2 aromatic heterocycles. The predicted octanol–water partition coefficient (Wildman–Crippen LogP) is 6.47. The van der Waals surface area contributed by atoms with Crippen LogP contribution in [0.2, 0.25) is 23.2 Å². The number of hydrogen-bond donors (Lipinski definition) is 1. The molecule has 1 aromatic carbocycles. The molecule has 4 rings (SSSR count). The molecule has 1 aliphatic rings. The summed E-state index contributed by atoms with van der Waals surface area (Å²) in [4.78, 5) is 13.5. The number of aryl methyl sites for hydroxylation is 2. The van der Waals surface area contributed by atoms with Crippen LogP contribution in [0.25, 0.3) is 22.2 Å². The highest BCUT2D eigenvalue weighted by Crippen LogP contribution is 2.41. The van der Waals surface area contributed by atoms with Crippen molar-refractivity contribution in [2.75, 3.05) is 26.9 Å². The third-order valence-electron chi connectivity index (χ3n) is 8.68. The second-order valence-corrected chi connectivity index (χ2v) is 17.7. The molecule has 1 fully saturated rings. The van der Waals surface area contributed by atoms with Crippen LogP contribution >= 0.6 is 11.6 Å². The lowest BCUT2D eigenvalue weighted by Crippen LogP contribution is -2.41. The van der Waals surface area contributed by atoms with E-state index in [4.69, 9.17) is 30.2 Å². The number of carbonyl (C=O) groups excluding carboxylic acids is 1. The van der Waals surface area contributed by atoms with Crippen molar-refractivity contribution in [2.24, 2.45) is 7.05 Å². The lowest BCUT2D eigenvalue weighted by molar-refractivity contribution is -0.163. The first kappa shape index (κ1) is 32.7. The van der Waals surface area contributed by atoms with Crippen molar-refractivity contribution in [3.05, 3.63) is 40.2 Å². The van der Waals surface area contributed by atoms with E-state index >= 15 is 0 Å². The van der Waals surface area contributed by atoms with E-state index in [1.54, 1.807) is 10.9 Å². The van der Waals surface area contributed by atoms with Crippen LogP contribution in [-0.4, -0.2) is 67.0 Å². The molecule has 11 heteroatoms. The van der Waals surface area contributed by atoms with E-state index in [1.807, 2.05) is 23.7 Å². The molecular weight excluding hydrogens is 574 g/mol. The van der Waals surface area contributed by atoms with Gasteiger partial charge in [0.15, 0.2) is 14.6 Å². The van der Waals surface area contributed by atoms with Gasteiger partial charge in [-0.25, -0.2) is 4.79 Å². The number of carbonyl (C=O) groups is 1. The average Bonchev–Trinajstić information content (AvgIpc) is 3.47. The Bertz CT molecular complexity index is 1390. The average molecular weight is 620 g/mol. The Morgan fingerprint density at radius 2 is 2.00 bits per heavy atom. The summed E-state index contributed by atoms with van der Waals surface area (Å²) in [5, 5.41) is 16.0. The van der Waals surface area contributed by atoms with Gasteiger partial charge in [-0.1, -0.05) is 38.4 Å². The maximum atomic E-state index is 13.5. The zero-order chi connectivity index (χ0) is 30.7. The van der Waals surface area contributed by atoms with Crippen molar-refractivity contribution >= 4 is 36.8 Å². The number of rotatable bonds is 12. The van der Waals surface area contributed by atoms with Crippen LogP contribution in [0.15, 0.2) is 18.3 Å². The van der Waals surface area contributed by atoms with Gasteiger partial charge in [-0.15, -0.1) is 0 Å². The molecule has 0 saturated carbocycles. The van der Waals surface area contributed by atoms with E-state index in [9.17, 15) is 9.90 Å². The number of hydrogen-bond acceptors (Lipinski definition) is 7. The highest BCUT2D eigenvalue weighted by atomic mass is 35.5.